The van der Waals surface area contributed by atoms with Gasteiger partial charge in [-0.1, -0.05) is 25.7 Å². The van der Waals surface area contributed by atoms with Crippen molar-refractivity contribution in [1.82, 2.24) is 5.32 Å². The molecule has 0 heterocycles. The van der Waals surface area contributed by atoms with E-state index in [-0.39, 0.29) is 0 Å². The fraction of sp³-hybridized carbons (Fsp3) is 1.00. The Morgan fingerprint density at radius 2 is 1.93 bits per heavy atom. The number of nitrogens with two attached hydrogens (primary N) is 1. The first kappa shape index (κ1) is 11.4. The van der Waals surface area contributed by atoms with Crippen LogP contribution in [0.5, 0.6) is 0 Å². The van der Waals surface area contributed by atoms with E-state index in [2.05, 4.69) is 5.32 Å². The maximum Gasteiger partial charge on any atom is -0.00201 e. The van der Waals surface area contributed by atoms with Crippen LogP contribution in [0.4, 0.5) is 0 Å². The van der Waals surface area contributed by atoms with Crippen LogP contribution in [0.15, 0.2) is 0 Å². The number of hydrogen-bond acceptors (Lipinski definition) is 2. The van der Waals surface area contributed by atoms with Crippen LogP contribution in [-0.4, -0.2) is 19.6 Å². The van der Waals surface area contributed by atoms with E-state index >= 15 is 0 Å². The fourth-order valence-corrected chi connectivity index (χ4v) is 2.80. The summed E-state index contributed by atoms with van der Waals surface area (Å²) >= 11 is 0. The summed E-state index contributed by atoms with van der Waals surface area (Å²) in [6.07, 6.45) is 11.3. The van der Waals surface area contributed by atoms with E-state index in [9.17, 15) is 0 Å². The highest BCUT2D eigenvalue weighted by molar-refractivity contribution is 4.88. The van der Waals surface area contributed by atoms with Gasteiger partial charge < -0.3 is 11.1 Å². The first-order chi connectivity index (χ1) is 7.35. The van der Waals surface area contributed by atoms with E-state index < -0.39 is 0 Å². The molecule has 0 atom stereocenters. The van der Waals surface area contributed by atoms with E-state index in [0.29, 0.717) is 5.41 Å². The molecule has 0 saturated heterocycles. The molecule has 0 aromatic carbocycles. The molecule has 0 unspecified atom stereocenters. The molecule has 2 saturated carbocycles. The second-order valence-electron chi connectivity index (χ2n) is 5.64. The predicted octanol–water partition coefficient (Wildman–Crippen LogP) is 2.29. The third kappa shape index (κ3) is 2.94. The lowest BCUT2D eigenvalue weighted by atomic mass is 9.67. The maximum atomic E-state index is 5.83. The van der Waals surface area contributed by atoms with Gasteiger partial charge >= 0.3 is 0 Å². The molecule has 0 bridgehead atoms. The molecule has 0 amide bonds. The Hall–Kier alpha value is -0.0800. The van der Waals surface area contributed by atoms with Gasteiger partial charge in [-0.2, -0.15) is 0 Å². The summed E-state index contributed by atoms with van der Waals surface area (Å²) in [7, 11) is 0. The van der Waals surface area contributed by atoms with Crippen molar-refractivity contribution in [3.05, 3.63) is 0 Å². The standard InChI is InChI=1S/C13H26N2/c14-11-13(6-2-7-13)8-10-15-9-5-12-3-1-4-12/h12,15H,1-11,14H2. The molecule has 2 aliphatic carbocycles. The van der Waals surface area contributed by atoms with Crippen LogP contribution in [0.3, 0.4) is 0 Å². The summed E-state index contributed by atoms with van der Waals surface area (Å²) in [5.74, 6) is 1.05. The van der Waals surface area contributed by atoms with Crippen molar-refractivity contribution in [2.45, 2.75) is 51.4 Å². The summed E-state index contributed by atoms with van der Waals surface area (Å²) in [5, 5.41) is 3.59. The lowest BCUT2D eigenvalue weighted by Gasteiger charge is -2.41. The molecule has 0 aromatic heterocycles. The minimum absolute atomic E-state index is 0.531. The van der Waals surface area contributed by atoms with Crippen molar-refractivity contribution in [2.75, 3.05) is 19.6 Å². The molecule has 88 valence electrons. The monoisotopic (exact) mass is 210 g/mol. The largest absolute Gasteiger partial charge is 0.330 e. The van der Waals surface area contributed by atoms with Crippen LogP contribution in [0.25, 0.3) is 0 Å². The molecule has 0 radical (unpaired) electrons. The Balaban J connectivity index is 1.47. The lowest BCUT2D eigenvalue weighted by Crippen LogP contribution is -2.39. The fourth-order valence-electron chi connectivity index (χ4n) is 2.80. The first-order valence-electron chi connectivity index (χ1n) is 6.75. The molecule has 2 nitrogen and oxygen atoms in total. The van der Waals surface area contributed by atoms with Crippen LogP contribution in [0.1, 0.15) is 51.4 Å². The van der Waals surface area contributed by atoms with Crippen LogP contribution in [0, 0.1) is 11.3 Å². The minimum atomic E-state index is 0.531. The molecular formula is C13H26N2. The van der Waals surface area contributed by atoms with Gasteiger partial charge in [0.25, 0.3) is 0 Å². The maximum absolute atomic E-state index is 5.83. The molecule has 0 spiro atoms. The highest BCUT2D eigenvalue weighted by atomic mass is 14.9. The Bertz CT molecular complexity index is 177. The average molecular weight is 210 g/mol. The summed E-state index contributed by atoms with van der Waals surface area (Å²) < 4.78 is 0. The predicted molar refractivity (Wildman–Crippen MR) is 64.8 cm³/mol. The van der Waals surface area contributed by atoms with Crippen molar-refractivity contribution in [2.24, 2.45) is 17.1 Å². The SMILES string of the molecule is NCC1(CCNCCC2CCC2)CCC1. The second-order valence-corrected chi connectivity index (χ2v) is 5.64. The van der Waals surface area contributed by atoms with Crippen LogP contribution in [-0.2, 0) is 0 Å². The summed E-state index contributed by atoms with van der Waals surface area (Å²) in [4.78, 5) is 0. The highest BCUT2D eigenvalue weighted by Crippen LogP contribution is 2.42. The quantitative estimate of drug-likeness (QED) is 0.633. The van der Waals surface area contributed by atoms with Gasteiger partial charge in [0.1, 0.15) is 0 Å². The van der Waals surface area contributed by atoms with E-state index in [4.69, 9.17) is 5.73 Å². The third-order valence-corrected chi connectivity index (χ3v) is 4.63. The molecule has 2 rings (SSSR count). The Labute approximate surface area is 94.0 Å². The van der Waals surface area contributed by atoms with Gasteiger partial charge in [0.15, 0.2) is 0 Å². The van der Waals surface area contributed by atoms with Crippen molar-refractivity contribution < 1.29 is 0 Å². The van der Waals surface area contributed by atoms with E-state index in [0.717, 1.165) is 12.5 Å². The highest BCUT2D eigenvalue weighted by Gasteiger charge is 2.34. The first-order valence-corrected chi connectivity index (χ1v) is 6.75. The number of hydrogen-bond donors (Lipinski definition) is 2. The van der Waals surface area contributed by atoms with E-state index in [1.807, 2.05) is 0 Å². The normalized spacial score (nSPS) is 24.6. The van der Waals surface area contributed by atoms with Gasteiger partial charge in [0, 0.05) is 0 Å². The smallest absolute Gasteiger partial charge is 0.00201 e. The molecule has 2 aliphatic rings. The number of rotatable bonds is 7. The van der Waals surface area contributed by atoms with Crippen LogP contribution in [0.2, 0.25) is 0 Å². The number of nitrogens with one attached hydrogen (secondary N) is 1. The third-order valence-electron chi connectivity index (χ3n) is 4.63. The van der Waals surface area contributed by atoms with Crippen molar-refractivity contribution in [3.63, 3.8) is 0 Å². The Kier molecular flexibility index (Phi) is 4.04. The Morgan fingerprint density at radius 3 is 2.40 bits per heavy atom. The van der Waals surface area contributed by atoms with E-state index in [1.165, 1.54) is 64.5 Å². The molecule has 2 fully saturated rings. The molecule has 0 aliphatic heterocycles. The van der Waals surface area contributed by atoms with Gasteiger partial charge in [-0.25, -0.2) is 0 Å². The van der Waals surface area contributed by atoms with Crippen LogP contribution < -0.4 is 11.1 Å². The summed E-state index contributed by atoms with van der Waals surface area (Å²) in [5.41, 5.74) is 6.37. The Morgan fingerprint density at radius 1 is 1.13 bits per heavy atom. The molecule has 2 heteroatoms. The van der Waals surface area contributed by atoms with Crippen molar-refractivity contribution in [1.29, 1.82) is 0 Å². The zero-order valence-corrected chi connectivity index (χ0v) is 9.93. The summed E-state index contributed by atoms with van der Waals surface area (Å²) in [6.45, 7) is 3.31. The molecule has 0 aromatic rings. The van der Waals surface area contributed by atoms with Crippen molar-refractivity contribution in [3.8, 4) is 0 Å². The molecular weight excluding hydrogens is 184 g/mol. The lowest BCUT2D eigenvalue weighted by molar-refractivity contribution is 0.130. The minimum Gasteiger partial charge on any atom is -0.330 e. The second kappa shape index (κ2) is 5.31. The summed E-state index contributed by atoms with van der Waals surface area (Å²) in [6, 6.07) is 0. The topological polar surface area (TPSA) is 38.0 Å². The van der Waals surface area contributed by atoms with Gasteiger partial charge in [0.05, 0.1) is 0 Å². The zero-order valence-electron chi connectivity index (χ0n) is 9.93. The van der Waals surface area contributed by atoms with Crippen molar-refractivity contribution >= 4 is 0 Å². The molecule has 15 heavy (non-hydrogen) atoms. The van der Waals surface area contributed by atoms with Gasteiger partial charge in [-0.15, -0.1) is 0 Å². The molecule has 3 N–H and O–H groups in total. The van der Waals surface area contributed by atoms with Crippen LogP contribution >= 0.6 is 0 Å². The van der Waals surface area contributed by atoms with Gasteiger partial charge in [-0.05, 0) is 56.7 Å². The van der Waals surface area contributed by atoms with Gasteiger partial charge in [-0.3, -0.25) is 0 Å². The van der Waals surface area contributed by atoms with Gasteiger partial charge in [0.2, 0.25) is 0 Å². The zero-order chi connectivity index (χ0) is 10.6. The average Bonchev–Trinajstić information content (AvgIpc) is 2.11. The van der Waals surface area contributed by atoms with E-state index in [1.54, 1.807) is 0 Å².